The highest BCUT2D eigenvalue weighted by atomic mass is 16.5. The van der Waals surface area contributed by atoms with Crippen molar-refractivity contribution in [2.45, 2.75) is 46.5 Å². The van der Waals surface area contributed by atoms with Gasteiger partial charge in [-0.1, -0.05) is 30.2 Å². The van der Waals surface area contributed by atoms with Crippen molar-refractivity contribution in [2.24, 2.45) is 4.99 Å². The van der Waals surface area contributed by atoms with Crippen LogP contribution in [0.5, 0.6) is 11.5 Å². The van der Waals surface area contributed by atoms with Gasteiger partial charge in [0.05, 0.1) is 7.11 Å². The monoisotopic (exact) mass is 461 g/mol. The third kappa shape index (κ3) is 5.14. The van der Waals surface area contributed by atoms with Crippen LogP contribution in [0.15, 0.2) is 41.0 Å². The average Bonchev–Trinajstić information content (AvgIpc) is 2.95. The van der Waals surface area contributed by atoms with E-state index in [1.807, 2.05) is 49.9 Å². The summed E-state index contributed by atoms with van der Waals surface area (Å²) in [6, 6.07) is 9.48. The second-order valence-electron chi connectivity index (χ2n) is 8.85. The molecule has 2 aliphatic heterocycles. The maximum absolute atomic E-state index is 12.5. The first-order valence-corrected chi connectivity index (χ1v) is 11.7. The van der Waals surface area contributed by atoms with Crippen LogP contribution in [-0.2, 0) is 9.59 Å². The summed E-state index contributed by atoms with van der Waals surface area (Å²) in [5.74, 6) is 1.37. The van der Waals surface area contributed by atoms with Gasteiger partial charge >= 0.3 is 0 Å². The molecule has 7 heteroatoms. The number of ether oxygens (including phenoxy) is 2. The molecule has 1 N–H and O–H groups in total. The Morgan fingerprint density at radius 3 is 2.59 bits per heavy atom. The molecule has 1 fully saturated rings. The summed E-state index contributed by atoms with van der Waals surface area (Å²) in [4.78, 5) is 31.3. The third-order valence-electron chi connectivity index (χ3n) is 6.13. The van der Waals surface area contributed by atoms with E-state index in [9.17, 15) is 9.59 Å². The zero-order valence-electron chi connectivity index (χ0n) is 20.2. The fraction of sp³-hybridized carbons (Fsp3) is 0.370. The normalized spacial score (nSPS) is 16.7. The van der Waals surface area contributed by atoms with Gasteiger partial charge in [0.25, 0.3) is 11.8 Å². The topological polar surface area (TPSA) is 80.2 Å². The molecule has 178 valence electrons. The molecule has 0 bridgehead atoms. The lowest BCUT2D eigenvalue weighted by atomic mass is 10.1. The van der Waals surface area contributed by atoms with E-state index in [1.54, 1.807) is 19.2 Å². The molecule has 4 rings (SSSR count). The maximum Gasteiger partial charge on any atom is 0.295 e. The van der Waals surface area contributed by atoms with Gasteiger partial charge in [0.2, 0.25) is 0 Å². The zero-order valence-corrected chi connectivity index (χ0v) is 20.2. The summed E-state index contributed by atoms with van der Waals surface area (Å²) in [6.07, 6.45) is 5.93. The standard InChI is InChI=1S/C27H31N3O4/c1-17-12-18(2)26(19(3)13-17)29-25(31)16-34-22-10-9-20(15-23(22)33-4)14-21-27(32)28-24-8-6-5-7-11-30(21)24/h9-10,12-15H,5-8,11,16H2,1-4H3,(H,29,31). The number of rotatable bonds is 6. The minimum Gasteiger partial charge on any atom is -0.493 e. The quantitative estimate of drug-likeness (QED) is 0.626. The Hall–Kier alpha value is -3.61. The first-order valence-electron chi connectivity index (χ1n) is 11.7. The molecular weight excluding hydrogens is 430 g/mol. The van der Waals surface area contributed by atoms with E-state index in [2.05, 4.69) is 10.3 Å². The number of amidine groups is 1. The Balaban J connectivity index is 1.45. The molecule has 2 amide bonds. The molecule has 2 heterocycles. The van der Waals surface area contributed by atoms with Crippen molar-refractivity contribution in [3.05, 3.63) is 58.3 Å². The number of carbonyl (C=O) groups is 2. The Bertz CT molecular complexity index is 1160. The molecule has 2 aliphatic rings. The maximum atomic E-state index is 12.5. The Kier molecular flexibility index (Phi) is 7.01. The molecule has 7 nitrogen and oxygen atoms in total. The van der Waals surface area contributed by atoms with E-state index in [4.69, 9.17) is 9.47 Å². The van der Waals surface area contributed by atoms with Crippen LogP contribution >= 0.6 is 0 Å². The lowest BCUT2D eigenvalue weighted by Gasteiger charge is -2.18. The summed E-state index contributed by atoms with van der Waals surface area (Å²) in [7, 11) is 1.55. The second kappa shape index (κ2) is 10.1. The van der Waals surface area contributed by atoms with Crippen LogP contribution in [0.1, 0.15) is 47.9 Å². The number of anilines is 1. The van der Waals surface area contributed by atoms with Gasteiger partial charge in [0.15, 0.2) is 18.1 Å². The Labute approximate surface area is 200 Å². The molecule has 2 aromatic carbocycles. The van der Waals surface area contributed by atoms with E-state index in [1.165, 1.54) is 0 Å². The van der Waals surface area contributed by atoms with Gasteiger partial charge in [-0.2, -0.15) is 4.99 Å². The van der Waals surface area contributed by atoms with Gasteiger partial charge in [0, 0.05) is 18.7 Å². The lowest BCUT2D eigenvalue weighted by Crippen LogP contribution is -2.26. The van der Waals surface area contributed by atoms with Gasteiger partial charge in [-0.3, -0.25) is 9.59 Å². The molecule has 0 aliphatic carbocycles. The first kappa shape index (κ1) is 23.5. The van der Waals surface area contributed by atoms with Crippen LogP contribution in [0.2, 0.25) is 0 Å². The summed E-state index contributed by atoms with van der Waals surface area (Å²) in [5, 5.41) is 2.94. The molecule has 0 saturated carbocycles. The molecule has 0 radical (unpaired) electrons. The third-order valence-corrected chi connectivity index (χ3v) is 6.13. The summed E-state index contributed by atoms with van der Waals surface area (Å²) >= 11 is 0. The number of aliphatic imine (C=N–C) groups is 1. The second-order valence-corrected chi connectivity index (χ2v) is 8.85. The number of methoxy groups -OCH3 is 1. The number of benzene rings is 2. The van der Waals surface area contributed by atoms with Crippen molar-refractivity contribution in [3.8, 4) is 11.5 Å². The highest BCUT2D eigenvalue weighted by Crippen LogP contribution is 2.31. The number of amides is 2. The smallest absolute Gasteiger partial charge is 0.295 e. The van der Waals surface area contributed by atoms with Crippen LogP contribution in [0.3, 0.4) is 0 Å². The number of carbonyl (C=O) groups excluding carboxylic acids is 2. The molecule has 0 atom stereocenters. The zero-order chi connectivity index (χ0) is 24.2. The fourth-order valence-corrected chi connectivity index (χ4v) is 4.55. The summed E-state index contributed by atoms with van der Waals surface area (Å²) in [5.41, 5.74) is 5.39. The Morgan fingerprint density at radius 1 is 1.09 bits per heavy atom. The summed E-state index contributed by atoms with van der Waals surface area (Å²) in [6.45, 7) is 6.64. The molecule has 34 heavy (non-hydrogen) atoms. The number of aryl methyl sites for hydroxylation is 3. The largest absolute Gasteiger partial charge is 0.493 e. The van der Waals surface area contributed by atoms with E-state index in [-0.39, 0.29) is 18.4 Å². The van der Waals surface area contributed by atoms with Crippen LogP contribution in [0, 0.1) is 20.8 Å². The van der Waals surface area contributed by atoms with Gasteiger partial charge in [0.1, 0.15) is 11.5 Å². The number of hydrogen-bond acceptors (Lipinski definition) is 5. The van der Waals surface area contributed by atoms with Crippen LogP contribution in [0.25, 0.3) is 6.08 Å². The van der Waals surface area contributed by atoms with Crippen molar-refractivity contribution >= 4 is 29.4 Å². The molecule has 0 unspecified atom stereocenters. The van der Waals surface area contributed by atoms with E-state index < -0.39 is 0 Å². The van der Waals surface area contributed by atoms with Crippen molar-refractivity contribution in [2.75, 3.05) is 25.6 Å². The summed E-state index contributed by atoms with van der Waals surface area (Å²) < 4.78 is 11.2. The number of hydrogen-bond donors (Lipinski definition) is 1. The van der Waals surface area contributed by atoms with Crippen molar-refractivity contribution in [3.63, 3.8) is 0 Å². The molecule has 2 aromatic rings. The SMILES string of the molecule is COc1cc(C=C2C(=O)N=C3CCCCCN23)ccc1OCC(=O)Nc1c(C)cc(C)cc1C. The molecule has 0 spiro atoms. The lowest BCUT2D eigenvalue weighted by molar-refractivity contribution is -0.118. The molecule has 1 saturated heterocycles. The minimum absolute atomic E-state index is 0.146. The van der Waals surface area contributed by atoms with Crippen LogP contribution in [-0.4, -0.2) is 42.8 Å². The Morgan fingerprint density at radius 2 is 1.85 bits per heavy atom. The number of nitrogens with one attached hydrogen (secondary N) is 1. The highest BCUT2D eigenvalue weighted by Gasteiger charge is 2.30. The van der Waals surface area contributed by atoms with Crippen LogP contribution in [0.4, 0.5) is 5.69 Å². The fourth-order valence-electron chi connectivity index (χ4n) is 4.55. The van der Waals surface area contributed by atoms with Crippen molar-refractivity contribution in [1.82, 2.24) is 4.90 Å². The van der Waals surface area contributed by atoms with E-state index >= 15 is 0 Å². The number of fused-ring (bicyclic) bond motifs is 1. The van der Waals surface area contributed by atoms with Crippen molar-refractivity contribution < 1.29 is 19.1 Å². The van der Waals surface area contributed by atoms with Gasteiger partial charge in [-0.05, 0) is 68.5 Å². The molecular formula is C27H31N3O4. The predicted molar refractivity (Wildman–Crippen MR) is 133 cm³/mol. The highest BCUT2D eigenvalue weighted by molar-refractivity contribution is 6.13. The van der Waals surface area contributed by atoms with E-state index in [0.29, 0.717) is 17.2 Å². The van der Waals surface area contributed by atoms with E-state index in [0.717, 1.165) is 66.0 Å². The minimum atomic E-state index is -0.245. The number of nitrogens with zero attached hydrogens (tertiary/aromatic N) is 2. The van der Waals surface area contributed by atoms with Gasteiger partial charge in [-0.15, -0.1) is 0 Å². The van der Waals surface area contributed by atoms with Gasteiger partial charge < -0.3 is 19.7 Å². The average molecular weight is 462 g/mol. The van der Waals surface area contributed by atoms with Crippen molar-refractivity contribution in [1.29, 1.82) is 0 Å². The predicted octanol–water partition coefficient (Wildman–Crippen LogP) is 4.79. The van der Waals surface area contributed by atoms with Crippen LogP contribution < -0.4 is 14.8 Å². The first-order chi connectivity index (χ1) is 16.4. The van der Waals surface area contributed by atoms with Gasteiger partial charge in [-0.25, -0.2) is 0 Å². The molecule has 0 aromatic heterocycles.